The molecule has 0 spiro atoms. The van der Waals surface area contributed by atoms with Gasteiger partial charge in [0.1, 0.15) is 11.6 Å². The summed E-state index contributed by atoms with van der Waals surface area (Å²) in [6, 6.07) is 14.3. The molecule has 4 heterocycles. The van der Waals surface area contributed by atoms with E-state index >= 15 is 0 Å². The van der Waals surface area contributed by atoms with Gasteiger partial charge in [0, 0.05) is 60.1 Å². The molecule has 0 radical (unpaired) electrons. The number of nitrogens with one attached hydrogen (secondary N) is 1. The molecule has 0 saturated carbocycles. The molecule has 1 aliphatic rings. The van der Waals surface area contributed by atoms with Crippen molar-refractivity contribution in [3.63, 3.8) is 0 Å². The lowest BCUT2D eigenvalue weighted by Gasteiger charge is -2.32. The SMILES string of the molecule is CC(C)c1nccn1-c1cccc(C2CCCN(C(=O)Cc3c[nH]c4ccccc34)C2)n1. The molecule has 0 bridgehead atoms. The Labute approximate surface area is 188 Å². The number of para-hydroxylation sites is 1. The number of hydrogen-bond acceptors (Lipinski definition) is 3. The Morgan fingerprint density at radius 1 is 1.19 bits per heavy atom. The maximum absolute atomic E-state index is 13.1. The summed E-state index contributed by atoms with van der Waals surface area (Å²) in [5.41, 5.74) is 3.19. The Balaban J connectivity index is 1.33. The van der Waals surface area contributed by atoms with Crippen LogP contribution in [0.3, 0.4) is 0 Å². The molecule has 1 amide bonds. The first kappa shape index (κ1) is 20.5. The predicted molar refractivity (Wildman–Crippen MR) is 126 cm³/mol. The highest BCUT2D eigenvalue weighted by Crippen LogP contribution is 2.28. The van der Waals surface area contributed by atoms with Gasteiger partial charge in [-0.3, -0.25) is 9.36 Å². The summed E-state index contributed by atoms with van der Waals surface area (Å²) in [6.45, 7) is 5.82. The summed E-state index contributed by atoms with van der Waals surface area (Å²) in [7, 11) is 0. The van der Waals surface area contributed by atoms with Gasteiger partial charge in [-0.1, -0.05) is 38.1 Å². The third kappa shape index (κ3) is 3.93. The van der Waals surface area contributed by atoms with Gasteiger partial charge in [0.25, 0.3) is 0 Å². The van der Waals surface area contributed by atoms with E-state index in [1.54, 1.807) is 0 Å². The van der Waals surface area contributed by atoms with E-state index in [4.69, 9.17) is 4.98 Å². The van der Waals surface area contributed by atoms with Gasteiger partial charge >= 0.3 is 0 Å². The molecule has 1 fully saturated rings. The van der Waals surface area contributed by atoms with Crippen LogP contribution in [0.15, 0.2) is 61.1 Å². The molecule has 1 aliphatic heterocycles. The number of pyridine rings is 1. The summed E-state index contributed by atoms with van der Waals surface area (Å²) in [5, 5.41) is 1.13. The minimum atomic E-state index is 0.187. The van der Waals surface area contributed by atoms with Gasteiger partial charge in [0.2, 0.25) is 5.91 Å². The van der Waals surface area contributed by atoms with Crippen LogP contribution in [0.2, 0.25) is 0 Å². The topological polar surface area (TPSA) is 66.8 Å². The lowest BCUT2D eigenvalue weighted by Crippen LogP contribution is -2.40. The normalized spacial score (nSPS) is 16.7. The largest absolute Gasteiger partial charge is 0.361 e. The molecule has 5 rings (SSSR count). The van der Waals surface area contributed by atoms with Gasteiger partial charge in [0.15, 0.2) is 0 Å². The minimum absolute atomic E-state index is 0.187. The number of carbonyl (C=O) groups excluding carboxylic acids is 1. The van der Waals surface area contributed by atoms with Gasteiger partial charge in [-0.05, 0) is 36.6 Å². The van der Waals surface area contributed by atoms with Crippen LogP contribution < -0.4 is 0 Å². The van der Waals surface area contributed by atoms with Crippen molar-refractivity contribution in [1.82, 2.24) is 24.4 Å². The summed E-state index contributed by atoms with van der Waals surface area (Å²) < 4.78 is 2.07. The van der Waals surface area contributed by atoms with Crippen LogP contribution in [0.25, 0.3) is 16.7 Å². The highest BCUT2D eigenvalue weighted by molar-refractivity contribution is 5.88. The molecule has 4 aromatic rings. The number of piperidine rings is 1. The highest BCUT2D eigenvalue weighted by atomic mass is 16.2. The standard InChI is InChI=1S/C26H29N5O/c1-18(2)26-27-12-14-31(26)24-11-5-10-22(29-24)19-7-6-13-30(17-19)25(32)15-20-16-28-23-9-4-3-8-21(20)23/h3-5,8-12,14,16,18-19,28H,6-7,13,15,17H2,1-2H3. The quantitative estimate of drug-likeness (QED) is 0.496. The minimum Gasteiger partial charge on any atom is -0.361 e. The first-order valence-corrected chi connectivity index (χ1v) is 11.4. The fourth-order valence-corrected chi connectivity index (χ4v) is 4.73. The Morgan fingerprint density at radius 3 is 2.94 bits per heavy atom. The number of likely N-dealkylation sites (tertiary alicyclic amines) is 1. The van der Waals surface area contributed by atoms with Crippen molar-refractivity contribution in [2.45, 2.75) is 44.9 Å². The molecule has 1 atom stereocenters. The molecule has 32 heavy (non-hydrogen) atoms. The van der Waals surface area contributed by atoms with Crippen molar-refractivity contribution >= 4 is 16.8 Å². The molecule has 1 unspecified atom stereocenters. The summed E-state index contributed by atoms with van der Waals surface area (Å²) >= 11 is 0. The second-order valence-corrected chi connectivity index (χ2v) is 8.95. The van der Waals surface area contributed by atoms with E-state index in [1.807, 2.05) is 47.8 Å². The number of H-pyrrole nitrogens is 1. The smallest absolute Gasteiger partial charge is 0.227 e. The molecular formula is C26H29N5O. The zero-order chi connectivity index (χ0) is 22.1. The summed E-state index contributed by atoms with van der Waals surface area (Å²) in [5.74, 6) is 2.66. The van der Waals surface area contributed by atoms with Gasteiger partial charge < -0.3 is 9.88 Å². The maximum atomic E-state index is 13.1. The van der Waals surface area contributed by atoms with Crippen molar-refractivity contribution in [2.24, 2.45) is 0 Å². The Bertz CT molecular complexity index is 1240. The van der Waals surface area contributed by atoms with E-state index in [1.165, 1.54) is 0 Å². The molecule has 3 aromatic heterocycles. The number of fused-ring (bicyclic) bond motifs is 1. The van der Waals surface area contributed by atoms with Crippen molar-refractivity contribution in [1.29, 1.82) is 0 Å². The lowest BCUT2D eigenvalue weighted by atomic mass is 9.93. The molecular weight excluding hydrogens is 398 g/mol. The highest BCUT2D eigenvalue weighted by Gasteiger charge is 2.26. The average Bonchev–Trinajstić information content (AvgIpc) is 3.47. The summed E-state index contributed by atoms with van der Waals surface area (Å²) in [6.07, 6.45) is 8.24. The predicted octanol–water partition coefficient (Wildman–Crippen LogP) is 4.82. The molecule has 164 valence electrons. The maximum Gasteiger partial charge on any atom is 0.227 e. The van der Waals surface area contributed by atoms with E-state index in [0.717, 1.165) is 59.7 Å². The van der Waals surface area contributed by atoms with Gasteiger partial charge in [0.05, 0.1) is 6.42 Å². The second kappa shape index (κ2) is 8.61. The number of carbonyl (C=O) groups is 1. The number of benzene rings is 1. The molecule has 6 heteroatoms. The van der Waals surface area contributed by atoms with Gasteiger partial charge in [-0.2, -0.15) is 0 Å². The number of aromatic amines is 1. The van der Waals surface area contributed by atoms with Gasteiger partial charge in [-0.25, -0.2) is 9.97 Å². The van der Waals surface area contributed by atoms with E-state index in [2.05, 4.69) is 46.6 Å². The van der Waals surface area contributed by atoms with Gasteiger partial charge in [-0.15, -0.1) is 0 Å². The van der Waals surface area contributed by atoms with Crippen LogP contribution in [0.4, 0.5) is 0 Å². The Kier molecular flexibility index (Phi) is 5.52. The van der Waals surface area contributed by atoms with Crippen molar-refractivity contribution in [2.75, 3.05) is 13.1 Å². The third-order valence-electron chi connectivity index (χ3n) is 6.40. The zero-order valence-corrected chi connectivity index (χ0v) is 18.7. The number of hydrogen-bond donors (Lipinski definition) is 1. The van der Waals surface area contributed by atoms with Crippen LogP contribution in [-0.4, -0.2) is 43.4 Å². The average molecular weight is 428 g/mol. The Morgan fingerprint density at radius 2 is 2.06 bits per heavy atom. The van der Waals surface area contributed by atoms with E-state index in [-0.39, 0.29) is 11.8 Å². The number of imidazole rings is 1. The second-order valence-electron chi connectivity index (χ2n) is 8.95. The van der Waals surface area contributed by atoms with Crippen LogP contribution in [-0.2, 0) is 11.2 Å². The van der Waals surface area contributed by atoms with Crippen LogP contribution in [0.5, 0.6) is 0 Å². The Hall–Kier alpha value is -3.41. The molecule has 1 aromatic carbocycles. The fraction of sp³-hybridized carbons (Fsp3) is 0.346. The monoisotopic (exact) mass is 427 g/mol. The van der Waals surface area contributed by atoms with E-state index in [9.17, 15) is 4.79 Å². The van der Waals surface area contributed by atoms with Crippen molar-refractivity contribution in [3.05, 3.63) is 78.1 Å². The molecule has 1 saturated heterocycles. The first-order valence-electron chi connectivity index (χ1n) is 11.4. The third-order valence-corrected chi connectivity index (χ3v) is 6.40. The van der Waals surface area contributed by atoms with Crippen LogP contribution >= 0.6 is 0 Å². The summed E-state index contributed by atoms with van der Waals surface area (Å²) in [4.78, 5) is 27.9. The lowest BCUT2D eigenvalue weighted by molar-refractivity contribution is -0.131. The molecule has 6 nitrogen and oxygen atoms in total. The van der Waals surface area contributed by atoms with Crippen molar-refractivity contribution < 1.29 is 4.79 Å². The fourth-order valence-electron chi connectivity index (χ4n) is 4.73. The molecule has 1 N–H and O–H groups in total. The number of amides is 1. The molecule has 0 aliphatic carbocycles. The number of nitrogens with zero attached hydrogens (tertiary/aromatic N) is 4. The van der Waals surface area contributed by atoms with E-state index in [0.29, 0.717) is 12.3 Å². The number of aromatic nitrogens is 4. The van der Waals surface area contributed by atoms with Crippen LogP contribution in [0.1, 0.15) is 55.6 Å². The van der Waals surface area contributed by atoms with E-state index < -0.39 is 0 Å². The van der Waals surface area contributed by atoms with Crippen LogP contribution in [0, 0.1) is 0 Å². The first-order chi connectivity index (χ1) is 15.6. The number of rotatable bonds is 5. The zero-order valence-electron chi connectivity index (χ0n) is 18.7. The van der Waals surface area contributed by atoms with Crippen molar-refractivity contribution in [3.8, 4) is 5.82 Å².